The third-order valence-electron chi connectivity index (χ3n) is 6.00. The Balaban J connectivity index is 2.02. The predicted octanol–water partition coefficient (Wildman–Crippen LogP) is 5.74. The van der Waals surface area contributed by atoms with Crippen LogP contribution >= 0.6 is 0 Å². The zero-order valence-corrected chi connectivity index (χ0v) is 22.4. The number of hydrogen-bond donors (Lipinski definition) is 0. The van der Waals surface area contributed by atoms with Gasteiger partial charge >= 0.3 is 11.9 Å². The number of aldehydes is 1. The van der Waals surface area contributed by atoms with E-state index in [0.29, 0.717) is 13.1 Å². The summed E-state index contributed by atoms with van der Waals surface area (Å²) in [5, 5.41) is 0. The van der Waals surface area contributed by atoms with Gasteiger partial charge in [0.25, 0.3) is 0 Å². The van der Waals surface area contributed by atoms with Crippen molar-refractivity contribution in [2.24, 2.45) is 5.92 Å². The van der Waals surface area contributed by atoms with Crippen LogP contribution in [0.25, 0.3) is 0 Å². The zero-order chi connectivity index (χ0) is 27.4. The average Bonchev–Trinajstić information content (AvgIpc) is 2.90. The average molecular weight is 516 g/mol. The molecule has 6 heteroatoms. The molecule has 0 aliphatic rings. The summed E-state index contributed by atoms with van der Waals surface area (Å²) >= 11 is 0. The van der Waals surface area contributed by atoms with Gasteiger partial charge in [0.1, 0.15) is 24.5 Å². The van der Waals surface area contributed by atoms with Crippen LogP contribution in [0, 0.1) is 5.92 Å². The van der Waals surface area contributed by atoms with E-state index in [1.807, 2.05) is 95.9 Å². The molecule has 6 nitrogen and oxygen atoms in total. The molecule has 0 aliphatic heterocycles. The van der Waals surface area contributed by atoms with E-state index >= 15 is 0 Å². The van der Waals surface area contributed by atoms with Crippen LogP contribution < -0.4 is 0 Å². The molecule has 0 fully saturated rings. The molecular formula is C32H37NO5. The SMILES string of the molecule is CC(C)(C)OC(=O)C(CCC=O)C(C(=O)OCc1ccccc1)N(Cc1ccccc1)Cc1ccccc1. The number of carbonyl (C=O) groups is 3. The Bertz CT molecular complexity index is 1100. The van der Waals surface area contributed by atoms with E-state index in [2.05, 4.69) is 0 Å². The van der Waals surface area contributed by atoms with Gasteiger partial charge in [0, 0.05) is 19.5 Å². The highest BCUT2D eigenvalue weighted by atomic mass is 16.6. The van der Waals surface area contributed by atoms with Crippen molar-refractivity contribution in [3.63, 3.8) is 0 Å². The largest absolute Gasteiger partial charge is 0.460 e. The first-order chi connectivity index (χ1) is 18.3. The molecule has 0 aliphatic carbocycles. The smallest absolute Gasteiger partial charge is 0.324 e. The van der Waals surface area contributed by atoms with Crippen molar-refractivity contribution in [3.8, 4) is 0 Å². The van der Waals surface area contributed by atoms with Gasteiger partial charge in [0.2, 0.25) is 0 Å². The maximum absolute atomic E-state index is 13.9. The molecule has 2 unspecified atom stereocenters. The molecule has 3 aromatic rings. The monoisotopic (exact) mass is 515 g/mol. The molecule has 0 amide bonds. The van der Waals surface area contributed by atoms with E-state index < -0.39 is 29.5 Å². The summed E-state index contributed by atoms with van der Waals surface area (Å²) in [5.41, 5.74) is 2.07. The number of carbonyl (C=O) groups excluding carboxylic acids is 3. The van der Waals surface area contributed by atoms with Gasteiger partial charge in [0.05, 0.1) is 5.92 Å². The van der Waals surface area contributed by atoms with E-state index in [9.17, 15) is 14.4 Å². The van der Waals surface area contributed by atoms with Gasteiger partial charge in [-0.2, -0.15) is 0 Å². The molecule has 0 spiro atoms. The molecule has 38 heavy (non-hydrogen) atoms. The third kappa shape index (κ3) is 9.27. The van der Waals surface area contributed by atoms with Gasteiger partial charge in [-0.1, -0.05) is 91.0 Å². The maximum Gasteiger partial charge on any atom is 0.324 e. The van der Waals surface area contributed by atoms with Crippen LogP contribution in [-0.2, 0) is 43.6 Å². The van der Waals surface area contributed by atoms with Crippen molar-refractivity contribution in [3.05, 3.63) is 108 Å². The summed E-state index contributed by atoms with van der Waals surface area (Å²) in [6, 6.07) is 28.0. The summed E-state index contributed by atoms with van der Waals surface area (Å²) in [7, 11) is 0. The number of benzene rings is 3. The lowest BCUT2D eigenvalue weighted by molar-refractivity contribution is -0.171. The maximum atomic E-state index is 13.9. The Morgan fingerprint density at radius 3 is 1.68 bits per heavy atom. The van der Waals surface area contributed by atoms with Crippen LogP contribution in [0.15, 0.2) is 91.0 Å². The van der Waals surface area contributed by atoms with Crippen molar-refractivity contribution in [2.45, 2.75) is 65.0 Å². The quantitative estimate of drug-likeness (QED) is 0.214. The lowest BCUT2D eigenvalue weighted by atomic mass is 9.92. The van der Waals surface area contributed by atoms with E-state index in [1.54, 1.807) is 20.8 Å². The second-order valence-corrected chi connectivity index (χ2v) is 10.3. The minimum Gasteiger partial charge on any atom is -0.460 e. The zero-order valence-electron chi connectivity index (χ0n) is 22.4. The standard InChI is InChI=1S/C32H37NO5/c1-32(2,3)38-30(35)28(20-13-21-34)29(31(36)37-24-27-18-11-6-12-19-27)33(22-25-14-7-4-8-15-25)23-26-16-9-5-10-17-26/h4-12,14-19,21,28-29H,13,20,22-24H2,1-3H3. The summed E-state index contributed by atoms with van der Waals surface area (Å²) in [6.07, 6.45) is 1.06. The number of nitrogens with zero attached hydrogens (tertiary/aromatic N) is 1. The highest BCUT2D eigenvalue weighted by molar-refractivity contribution is 5.85. The number of ether oxygens (including phenoxy) is 2. The molecule has 0 saturated heterocycles. The summed E-state index contributed by atoms with van der Waals surface area (Å²) < 4.78 is 11.6. The fourth-order valence-corrected chi connectivity index (χ4v) is 4.30. The van der Waals surface area contributed by atoms with E-state index in [1.165, 1.54) is 0 Å². The highest BCUT2D eigenvalue weighted by Gasteiger charge is 2.41. The second-order valence-electron chi connectivity index (χ2n) is 10.3. The van der Waals surface area contributed by atoms with Crippen LogP contribution in [0.4, 0.5) is 0 Å². The molecule has 2 atom stereocenters. The van der Waals surface area contributed by atoms with Gasteiger partial charge in [-0.05, 0) is 43.9 Å². The molecule has 0 saturated carbocycles. The summed E-state index contributed by atoms with van der Waals surface area (Å²) in [4.78, 5) is 40.7. The Morgan fingerprint density at radius 1 is 0.763 bits per heavy atom. The molecule has 3 aromatic carbocycles. The van der Waals surface area contributed by atoms with Gasteiger partial charge in [-0.3, -0.25) is 14.5 Å². The first kappa shape index (κ1) is 28.8. The molecule has 0 heterocycles. The number of rotatable bonds is 13. The van der Waals surface area contributed by atoms with Crippen molar-refractivity contribution in [1.29, 1.82) is 0 Å². The first-order valence-corrected chi connectivity index (χ1v) is 13.0. The normalized spacial score (nSPS) is 12.9. The molecular weight excluding hydrogens is 478 g/mol. The van der Waals surface area contributed by atoms with E-state index in [-0.39, 0.29) is 19.4 Å². The fraction of sp³-hybridized carbons (Fsp3) is 0.344. The lowest BCUT2D eigenvalue weighted by Gasteiger charge is -2.35. The van der Waals surface area contributed by atoms with E-state index in [4.69, 9.17) is 9.47 Å². The molecule has 0 radical (unpaired) electrons. The van der Waals surface area contributed by atoms with Gasteiger partial charge in [-0.25, -0.2) is 0 Å². The molecule has 0 N–H and O–H groups in total. The Hall–Kier alpha value is -3.77. The number of esters is 2. The highest BCUT2D eigenvalue weighted by Crippen LogP contribution is 2.26. The number of hydrogen-bond acceptors (Lipinski definition) is 6. The minimum absolute atomic E-state index is 0.0788. The van der Waals surface area contributed by atoms with Crippen molar-refractivity contribution in [2.75, 3.05) is 0 Å². The van der Waals surface area contributed by atoms with Crippen LogP contribution in [0.2, 0.25) is 0 Å². The lowest BCUT2D eigenvalue weighted by Crippen LogP contribution is -2.50. The first-order valence-electron chi connectivity index (χ1n) is 13.0. The summed E-state index contributed by atoms with van der Waals surface area (Å²) in [6.45, 7) is 6.25. The molecule has 0 aromatic heterocycles. The Kier molecular flexibility index (Phi) is 10.8. The van der Waals surface area contributed by atoms with Crippen LogP contribution in [-0.4, -0.2) is 34.8 Å². The van der Waals surface area contributed by atoms with Gasteiger partial charge < -0.3 is 14.3 Å². The van der Waals surface area contributed by atoms with Gasteiger partial charge in [-0.15, -0.1) is 0 Å². The third-order valence-corrected chi connectivity index (χ3v) is 6.00. The topological polar surface area (TPSA) is 72.9 Å². The summed E-state index contributed by atoms with van der Waals surface area (Å²) in [5.74, 6) is -1.94. The molecule has 200 valence electrons. The predicted molar refractivity (Wildman–Crippen MR) is 147 cm³/mol. The minimum atomic E-state index is -0.964. The fourth-order valence-electron chi connectivity index (χ4n) is 4.30. The van der Waals surface area contributed by atoms with Crippen LogP contribution in [0.3, 0.4) is 0 Å². The van der Waals surface area contributed by atoms with Crippen molar-refractivity contribution >= 4 is 18.2 Å². The molecule has 3 rings (SSSR count). The van der Waals surface area contributed by atoms with E-state index in [0.717, 1.165) is 23.0 Å². The van der Waals surface area contributed by atoms with Crippen LogP contribution in [0.1, 0.15) is 50.3 Å². The van der Waals surface area contributed by atoms with Crippen molar-refractivity contribution < 1.29 is 23.9 Å². The Labute approximate surface area is 225 Å². The van der Waals surface area contributed by atoms with Crippen LogP contribution in [0.5, 0.6) is 0 Å². The molecule has 0 bridgehead atoms. The van der Waals surface area contributed by atoms with Gasteiger partial charge in [0.15, 0.2) is 0 Å². The second kappa shape index (κ2) is 14.2. The van der Waals surface area contributed by atoms with Crippen molar-refractivity contribution in [1.82, 2.24) is 4.90 Å². The Morgan fingerprint density at radius 2 is 1.24 bits per heavy atom.